The number of benzene rings is 1. The third-order valence-corrected chi connectivity index (χ3v) is 4.50. The Labute approximate surface area is 113 Å². The van der Waals surface area contributed by atoms with Gasteiger partial charge in [0.1, 0.15) is 11.6 Å². The lowest BCUT2D eigenvalue weighted by atomic mass is 10.1. The van der Waals surface area contributed by atoms with E-state index >= 15 is 0 Å². The van der Waals surface area contributed by atoms with Gasteiger partial charge in [0.25, 0.3) is 0 Å². The van der Waals surface area contributed by atoms with Gasteiger partial charge in [-0.05, 0) is 52.9 Å². The van der Waals surface area contributed by atoms with Crippen LogP contribution in [-0.4, -0.2) is 9.78 Å². The second-order valence-corrected chi connectivity index (χ2v) is 5.38. The lowest BCUT2D eigenvalue weighted by molar-refractivity contribution is 0.524. The van der Waals surface area contributed by atoms with E-state index in [9.17, 15) is 4.39 Å². The van der Waals surface area contributed by atoms with Crippen molar-refractivity contribution < 1.29 is 4.39 Å². The van der Waals surface area contributed by atoms with Crippen molar-refractivity contribution in [3.8, 4) is 0 Å². The molecule has 3 nitrogen and oxygen atoms in total. The number of hydrogen-bond acceptors (Lipinski definition) is 2. The summed E-state index contributed by atoms with van der Waals surface area (Å²) >= 11 is 3.42. The second kappa shape index (κ2) is 4.09. The standard InChI is InChI=1S/C13H13BrFN3/c1-7-12(14)13(16)18(17-7)11-6-5-8-9(11)3-2-4-10(8)15/h2-4,11H,5-6,16H2,1H3. The van der Waals surface area contributed by atoms with Gasteiger partial charge in [-0.15, -0.1) is 0 Å². The zero-order valence-corrected chi connectivity index (χ0v) is 11.5. The summed E-state index contributed by atoms with van der Waals surface area (Å²) in [7, 11) is 0. The monoisotopic (exact) mass is 309 g/mol. The Kier molecular flexibility index (Phi) is 2.66. The fourth-order valence-corrected chi connectivity index (χ4v) is 2.89. The van der Waals surface area contributed by atoms with E-state index in [0.29, 0.717) is 5.82 Å². The Balaban J connectivity index is 2.12. The molecule has 0 aliphatic heterocycles. The number of aromatic nitrogens is 2. The van der Waals surface area contributed by atoms with Crippen molar-refractivity contribution in [3.63, 3.8) is 0 Å². The number of halogens is 2. The normalized spacial score (nSPS) is 18.1. The van der Waals surface area contributed by atoms with Crippen molar-refractivity contribution in [2.45, 2.75) is 25.8 Å². The summed E-state index contributed by atoms with van der Waals surface area (Å²) in [6.07, 6.45) is 1.58. The highest BCUT2D eigenvalue weighted by molar-refractivity contribution is 9.10. The third-order valence-electron chi connectivity index (χ3n) is 3.52. The van der Waals surface area contributed by atoms with Gasteiger partial charge in [-0.2, -0.15) is 5.10 Å². The van der Waals surface area contributed by atoms with Crippen LogP contribution < -0.4 is 5.73 Å². The molecule has 1 heterocycles. The van der Waals surface area contributed by atoms with Crippen LogP contribution in [0.15, 0.2) is 22.7 Å². The molecule has 0 saturated carbocycles. The van der Waals surface area contributed by atoms with Gasteiger partial charge in [-0.3, -0.25) is 0 Å². The summed E-state index contributed by atoms with van der Waals surface area (Å²) in [6.45, 7) is 1.90. The minimum atomic E-state index is -0.128. The van der Waals surface area contributed by atoms with Crippen LogP contribution in [0.1, 0.15) is 29.3 Å². The third kappa shape index (κ3) is 1.57. The first-order valence-corrected chi connectivity index (χ1v) is 6.66. The molecule has 0 spiro atoms. The van der Waals surface area contributed by atoms with E-state index < -0.39 is 0 Å². The van der Waals surface area contributed by atoms with E-state index in [0.717, 1.165) is 34.1 Å². The number of nitrogen functional groups attached to an aromatic ring is 1. The van der Waals surface area contributed by atoms with E-state index in [4.69, 9.17) is 5.73 Å². The molecule has 1 aromatic heterocycles. The second-order valence-electron chi connectivity index (χ2n) is 4.59. The molecule has 0 amide bonds. The fraction of sp³-hybridized carbons (Fsp3) is 0.308. The van der Waals surface area contributed by atoms with Crippen molar-refractivity contribution in [2.75, 3.05) is 5.73 Å². The Bertz CT molecular complexity index is 621. The summed E-state index contributed by atoms with van der Waals surface area (Å²) in [6, 6.07) is 5.25. The molecule has 1 unspecified atom stereocenters. The highest BCUT2D eigenvalue weighted by Gasteiger charge is 2.28. The molecule has 18 heavy (non-hydrogen) atoms. The van der Waals surface area contributed by atoms with Gasteiger partial charge in [0.2, 0.25) is 0 Å². The first-order valence-electron chi connectivity index (χ1n) is 5.87. The average molecular weight is 310 g/mol. The molecule has 1 aliphatic rings. The minimum Gasteiger partial charge on any atom is -0.383 e. The van der Waals surface area contributed by atoms with E-state index in [2.05, 4.69) is 21.0 Å². The van der Waals surface area contributed by atoms with Gasteiger partial charge < -0.3 is 5.73 Å². The molecular weight excluding hydrogens is 297 g/mol. The maximum absolute atomic E-state index is 13.7. The fourth-order valence-electron chi connectivity index (χ4n) is 2.62. The smallest absolute Gasteiger partial charge is 0.137 e. The molecular formula is C13H13BrFN3. The van der Waals surface area contributed by atoms with Gasteiger partial charge in [0.15, 0.2) is 0 Å². The number of rotatable bonds is 1. The Morgan fingerprint density at radius 3 is 2.94 bits per heavy atom. The molecule has 2 aromatic rings. The van der Waals surface area contributed by atoms with Crippen molar-refractivity contribution in [3.05, 3.63) is 45.3 Å². The topological polar surface area (TPSA) is 43.8 Å². The molecule has 3 rings (SSSR count). The highest BCUT2D eigenvalue weighted by atomic mass is 79.9. The maximum atomic E-state index is 13.7. The van der Waals surface area contributed by atoms with Gasteiger partial charge >= 0.3 is 0 Å². The molecule has 1 aromatic carbocycles. The predicted octanol–water partition coefficient (Wildman–Crippen LogP) is 3.21. The quantitative estimate of drug-likeness (QED) is 0.879. The highest BCUT2D eigenvalue weighted by Crippen LogP contribution is 2.38. The van der Waals surface area contributed by atoms with Crippen molar-refractivity contribution >= 4 is 21.7 Å². The van der Waals surface area contributed by atoms with Gasteiger partial charge in [0, 0.05) is 0 Å². The molecule has 0 saturated heterocycles. The Morgan fingerprint density at radius 1 is 1.50 bits per heavy atom. The zero-order chi connectivity index (χ0) is 12.9. The molecule has 0 bridgehead atoms. The summed E-state index contributed by atoms with van der Waals surface area (Å²) < 4.78 is 16.3. The molecule has 1 atom stereocenters. The minimum absolute atomic E-state index is 0.0423. The SMILES string of the molecule is Cc1nn(C2CCc3c(F)cccc32)c(N)c1Br. The number of nitrogens with two attached hydrogens (primary N) is 1. The van der Waals surface area contributed by atoms with Crippen LogP contribution in [0.2, 0.25) is 0 Å². The Hall–Kier alpha value is -1.36. The predicted molar refractivity (Wildman–Crippen MR) is 71.9 cm³/mol. The molecule has 1 aliphatic carbocycles. The van der Waals surface area contributed by atoms with Crippen LogP contribution in [-0.2, 0) is 6.42 Å². The van der Waals surface area contributed by atoms with E-state index in [1.54, 1.807) is 10.7 Å². The average Bonchev–Trinajstić information content (AvgIpc) is 2.88. The molecule has 94 valence electrons. The number of aryl methyl sites for hydroxylation is 1. The first-order chi connectivity index (χ1) is 8.59. The lowest BCUT2D eigenvalue weighted by Gasteiger charge is -2.14. The van der Waals surface area contributed by atoms with Gasteiger partial charge in [-0.25, -0.2) is 9.07 Å². The van der Waals surface area contributed by atoms with E-state index in [1.165, 1.54) is 6.07 Å². The Morgan fingerprint density at radius 2 is 2.28 bits per heavy atom. The zero-order valence-electron chi connectivity index (χ0n) is 9.95. The van der Waals surface area contributed by atoms with Crippen LogP contribution >= 0.6 is 15.9 Å². The largest absolute Gasteiger partial charge is 0.383 e. The van der Waals surface area contributed by atoms with Crippen LogP contribution in [0.5, 0.6) is 0 Å². The van der Waals surface area contributed by atoms with Crippen molar-refractivity contribution in [1.29, 1.82) is 0 Å². The van der Waals surface area contributed by atoms with E-state index in [1.807, 2.05) is 13.0 Å². The van der Waals surface area contributed by atoms with Gasteiger partial charge in [0.05, 0.1) is 16.2 Å². The van der Waals surface area contributed by atoms with Crippen molar-refractivity contribution in [2.24, 2.45) is 0 Å². The lowest BCUT2D eigenvalue weighted by Crippen LogP contribution is -2.12. The first kappa shape index (κ1) is 11.7. The van der Waals surface area contributed by atoms with Crippen molar-refractivity contribution in [1.82, 2.24) is 9.78 Å². The summed E-state index contributed by atoms with van der Waals surface area (Å²) in [5, 5.41) is 4.44. The van der Waals surface area contributed by atoms with Crippen LogP contribution in [0, 0.1) is 12.7 Å². The summed E-state index contributed by atoms with van der Waals surface area (Å²) in [5.41, 5.74) is 8.69. The summed E-state index contributed by atoms with van der Waals surface area (Å²) in [4.78, 5) is 0. The van der Waals surface area contributed by atoms with Gasteiger partial charge in [-0.1, -0.05) is 12.1 Å². The van der Waals surface area contributed by atoms with Crippen LogP contribution in [0.25, 0.3) is 0 Å². The molecule has 2 N–H and O–H groups in total. The van der Waals surface area contributed by atoms with Crippen LogP contribution in [0.4, 0.5) is 10.2 Å². The number of anilines is 1. The number of nitrogens with zero attached hydrogens (tertiary/aromatic N) is 2. The number of hydrogen-bond donors (Lipinski definition) is 1. The van der Waals surface area contributed by atoms with Crippen LogP contribution in [0.3, 0.4) is 0 Å². The molecule has 0 radical (unpaired) electrons. The summed E-state index contributed by atoms with van der Waals surface area (Å²) in [5.74, 6) is 0.478. The molecule has 5 heteroatoms. The maximum Gasteiger partial charge on any atom is 0.137 e. The number of fused-ring (bicyclic) bond motifs is 1. The molecule has 0 fully saturated rings. The van der Waals surface area contributed by atoms with E-state index in [-0.39, 0.29) is 11.9 Å².